The first-order valence-corrected chi connectivity index (χ1v) is 11.6. The summed E-state index contributed by atoms with van der Waals surface area (Å²) >= 11 is 6.23. The van der Waals surface area contributed by atoms with Crippen LogP contribution in [0.25, 0.3) is 0 Å². The van der Waals surface area contributed by atoms with Crippen LogP contribution >= 0.6 is 11.6 Å². The SMILES string of the molecule is Cc1ccc(S(=O)(=O)CCC(=O)N[C@H](CC(=O)OC(C)C)c2ccccc2Cl)cc1. The number of hydrogen-bond donors (Lipinski definition) is 1. The van der Waals surface area contributed by atoms with Crippen LogP contribution in [0, 0.1) is 6.92 Å². The topological polar surface area (TPSA) is 89.5 Å². The van der Waals surface area contributed by atoms with Gasteiger partial charge in [-0.05, 0) is 44.5 Å². The van der Waals surface area contributed by atoms with Gasteiger partial charge in [0.1, 0.15) is 0 Å². The first kappa shape index (κ1) is 23.9. The number of carbonyl (C=O) groups excluding carboxylic acids is 2. The molecule has 0 saturated carbocycles. The van der Waals surface area contributed by atoms with Crippen molar-refractivity contribution in [1.29, 1.82) is 0 Å². The van der Waals surface area contributed by atoms with Gasteiger partial charge < -0.3 is 10.1 Å². The fourth-order valence-electron chi connectivity index (χ4n) is 2.83. The number of hydrogen-bond acceptors (Lipinski definition) is 5. The van der Waals surface area contributed by atoms with Crippen molar-refractivity contribution in [2.24, 2.45) is 0 Å². The normalized spacial score (nSPS) is 12.4. The van der Waals surface area contributed by atoms with E-state index in [0.717, 1.165) is 5.56 Å². The molecule has 0 heterocycles. The zero-order valence-electron chi connectivity index (χ0n) is 17.2. The Balaban J connectivity index is 2.09. The molecule has 0 spiro atoms. The Morgan fingerprint density at radius 3 is 2.30 bits per heavy atom. The number of esters is 1. The highest BCUT2D eigenvalue weighted by Crippen LogP contribution is 2.26. The Morgan fingerprint density at radius 2 is 1.70 bits per heavy atom. The molecule has 1 atom stereocenters. The third kappa shape index (κ3) is 7.15. The molecule has 0 unspecified atom stereocenters. The Kier molecular flexibility index (Phi) is 8.43. The van der Waals surface area contributed by atoms with E-state index in [9.17, 15) is 18.0 Å². The van der Waals surface area contributed by atoms with Gasteiger partial charge in [-0.3, -0.25) is 9.59 Å². The van der Waals surface area contributed by atoms with Gasteiger partial charge in [-0.15, -0.1) is 0 Å². The van der Waals surface area contributed by atoms with Gasteiger partial charge >= 0.3 is 5.97 Å². The van der Waals surface area contributed by atoms with Crippen molar-refractivity contribution in [3.63, 3.8) is 0 Å². The van der Waals surface area contributed by atoms with Gasteiger partial charge in [-0.25, -0.2) is 8.42 Å². The second kappa shape index (κ2) is 10.6. The lowest BCUT2D eigenvalue weighted by Gasteiger charge is -2.20. The molecule has 2 aromatic rings. The Hall–Kier alpha value is -2.38. The third-order valence-electron chi connectivity index (χ3n) is 4.33. The highest BCUT2D eigenvalue weighted by atomic mass is 35.5. The molecular formula is C22H26ClNO5S. The van der Waals surface area contributed by atoms with Crippen LogP contribution in [-0.2, 0) is 24.2 Å². The molecule has 162 valence electrons. The second-order valence-corrected chi connectivity index (χ2v) is 9.78. The zero-order chi connectivity index (χ0) is 22.3. The summed E-state index contributed by atoms with van der Waals surface area (Å²) in [6.45, 7) is 5.33. The number of halogens is 1. The first-order chi connectivity index (χ1) is 14.1. The summed E-state index contributed by atoms with van der Waals surface area (Å²) < 4.78 is 30.1. The van der Waals surface area contributed by atoms with Crippen LogP contribution in [0.1, 0.15) is 43.9 Å². The Morgan fingerprint density at radius 1 is 1.07 bits per heavy atom. The van der Waals surface area contributed by atoms with E-state index >= 15 is 0 Å². The Bertz CT molecular complexity index is 987. The molecule has 0 aliphatic rings. The number of aryl methyl sites for hydroxylation is 1. The van der Waals surface area contributed by atoms with Crippen LogP contribution in [0.5, 0.6) is 0 Å². The van der Waals surface area contributed by atoms with E-state index in [-0.39, 0.29) is 29.6 Å². The number of nitrogens with one attached hydrogen (secondary N) is 1. The van der Waals surface area contributed by atoms with Gasteiger partial charge in [-0.2, -0.15) is 0 Å². The summed E-state index contributed by atoms with van der Waals surface area (Å²) in [4.78, 5) is 24.8. The minimum atomic E-state index is -3.60. The molecule has 0 saturated heterocycles. The van der Waals surface area contributed by atoms with E-state index < -0.39 is 27.8 Å². The van der Waals surface area contributed by atoms with Crippen LogP contribution in [0.2, 0.25) is 5.02 Å². The molecule has 0 radical (unpaired) electrons. The lowest BCUT2D eigenvalue weighted by atomic mass is 10.0. The molecule has 2 aromatic carbocycles. The van der Waals surface area contributed by atoms with Crippen LogP contribution < -0.4 is 5.32 Å². The van der Waals surface area contributed by atoms with E-state index in [1.165, 1.54) is 12.1 Å². The highest BCUT2D eigenvalue weighted by molar-refractivity contribution is 7.91. The van der Waals surface area contributed by atoms with Gasteiger partial charge in [0.05, 0.1) is 29.2 Å². The van der Waals surface area contributed by atoms with Crippen LogP contribution in [0.15, 0.2) is 53.4 Å². The van der Waals surface area contributed by atoms with Crippen LogP contribution in [-0.4, -0.2) is 32.2 Å². The summed E-state index contributed by atoms with van der Waals surface area (Å²) in [6.07, 6.45) is -0.644. The van der Waals surface area contributed by atoms with E-state index in [2.05, 4.69) is 5.32 Å². The molecule has 8 heteroatoms. The maximum Gasteiger partial charge on any atom is 0.308 e. The summed E-state index contributed by atoms with van der Waals surface area (Å²) in [5.74, 6) is -1.32. The molecular weight excluding hydrogens is 426 g/mol. The predicted octanol–water partition coefficient (Wildman–Crippen LogP) is 4.01. The minimum absolute atomic E-state index is 0.113. The van der Waals surface area contributed by atoms with E-state index in [4.69, 9.17) is 16.3 Å². The maximum atomic E-state index is 12.5. The van der Waals surface area contributed by atoms with Crippen molar-refractivity contribution >= 4 is 33.3 Å². The molecule has 2 rings (SSSR count). The fraction of sp³-hybridized carbons (Fsp3) is 0.364. The molecule has 30 heavy (non-hydrogen) atoms. The van der Waals surface area contributed by atoms with Crippen molar-refractivity contribution in [1.82, 2.24) is 5.32 Å². The second-order valence-electron chi connectivity index (χ2n) is 7.27. The molecule has 1 N–H and O–H groups in total. The molecule has 1 amide bonds. The van der Waals surface area contributed by atoms with Crippen LogP contribution in [0.4, 0.5) is 0 Å². The standard InChI is InChI=1S/C22H26ClNO5S/c1-15(2)29-22(26)14-20(18-6-4-5-7-19(18)23)24-21(25)12-13-30(27,28)17-10-8-16(3)9-11-17/h4-11,15,20H,12-14H2,1-3H3,(H,24,25)/t20-/m1/s1. The molecule has 0 aromatic heterocycles. The number of ether oxygens (including phenoxy) is 1. The minimum Gasteiger partial charge on any atom is -0.463 e. The monoisotopic (exact) mass is 451 g/mol. The molecule has 0 aliphatic heterocycles. The molecule has 6 nitrogen and oxygen atoms in total. The van der Waals surface area contributed by atoms with Gasteiger partial charge in [0.15, 0.2) is 9.84 Å². The highest BCUT2D eigenvalue weighted by Gasteiger charge is 2.23. The summed E-state index contributed by atoms with van der Waals surface area (Å²) in [6, 6.07) is 12.6. The zero-order valence-corrected chi connectivity index (χ0v) is 18.8. The number of rotatable bonds is 9. The number of carbonyl (C=O) groups is 2. The van der Waals surface area contributed by atoms with Gasteiger partial charge in [0.2, 0.25) is 5.91 Å². The smallest absolute Gasteiger partial charge is 0.308 e. The number of benzene rings is 2. The quantitative estimate of drug-likeness (QED) is 0.582. The maximum absolute atomic E-state index is 12.5. The van der Waals surface area contributed by atoms with Crippen molar-refractivity contribution in [3.05, 3.63) is 64.7 Å². The lowest BCUT2D eigenvalue weighted by molar-refractivity contribution is -0.148. The van der Waals surface area contributed by atoms with E-state index in [0.29, 0.717) is 10.6 Å². The van der Waals surface area contributed by atoms with Crippen molar-refractivity contribution < 1.29 is 22.7 Å². The predicted molar refractivity (Wildman–Crippen MR) is 116 cm³/mol. The van der Waals surface area contributed by atoms with Crippen molar-refractivity contribution in [3.8, 4) is 0 Å². The van der Waals surface area contributed by atoms with E-state index in [1.807, 2.05) is 6.92 Å². The lowest BCUT2D eigenvalue weighted by Crippen LogP contribution is -2.32. The Labute approximate surface area is 182 Å². The van der Waals surface area contributed by atoms with Gasteiger partial charge in [0, 0.05) is 11.4 Å². The number of amides is 1. The fourth-order valence-corrected chi connectivity index (χ4v) is 4.34. The van der Waals surface area contributed by atoms with Gasteiger partial charge in [-0.1, -0.05) is 47.5 Å². The first-order valence-electron chi connectivity index (χ1n) is 9.61. The average molecular weight is 452 g/mol. The van der Waals surface area contributed by atoms with Gasteiger partial charge in [0.25, 0.3) is 0 Å². The molecule has 0 aliphatic carbocycles. The van der Waals surface area contributed by atoms with Crippen LogP contribution in [0.3, 0.4) is 0 Å². The summed E-state index contributed by atoms with van der Waals surface area (Å²) in [7, 11) is -3.60. The number of sulfone groups is 1. The van der Waals surface area contributed by atoms with E-state index in [1.54, 1.807) is 50.2 Å². The average Bonchev–Trinajstić information content (AvgIpc) is 2.66. The molecule has 0 fully saturated rings. The van der Waals surface area contributed by atoms with Crippen molar-refractivity contribution in [2.45, 2.75) is 50.7 Å². The summed E-state index contributed by atoms with van der Waals surface area (Å²) in [5, 5.41) is 3.12. The van der Waals surface area contributed by atoms with Crippen molar-refractivity contribution in [2.75, 3.05) is 5.75 Å². The third-order valence-corrected chi connectivity index (χ3v) is 6.41. The largest absolute Gasteiger partial charge is 0.463 e. The molecule has 0 bridgehead atoms. The summed E-state index contributed by atoms with van der Waals surface area (Å²) in [5.41, 5.74) is 1.51.